The number of carbonyl (C=O) groups excluding carboxylic acids is 1. The summed E-state index contributed by atoms with van der Waals surface area (Å²) in [7, 11) is 1.62. The molecule has 0 radical (unpaired) electrons. The van der Waals surface area contributed by atoms with Gasteiger partial charge in [0.15, 0.2) is 4.80 Å². The highest BCUT2D eigenvalue weighted by molar-refractivity contribution is 7.16. The van der Waals surface area contributed by atoms with Gasteiger partial charge in [-0.15, -0.1) is 6.42 Å². The van der Waals surface area contributed by atoms with Crippen LogP contribution < -0.4 is 9.54 Å². The minimum atomic E-state index is -0.268. The van der Waals surface area contributed by atoms with Gasteiger partial charge in [0.05, 0.1) is 29.6 Å². The third kappa shape index (κ3) is 3.49. The molecule has 3 rings (SSSR count). The smallest absolute Gasteiger partial charge is 0.270 e. The Morgan fingerprint density at radius 1 is 1.40 bits per heavy atom. The molecule has 0 aliphatic rings. The number of thiazole rings is 1. The molecular formula is C18H18N4O2S. The van der Waals surface area contributed by atoms with Crippen molar-refractivity contribution in [1.29, 1.82) is 0 Å². The van der Waals surface area contributed by atoms with Crippen molar-refractivity contribution >= 4 is 27.5 Å². The summed E-state index contributed by atoms with van der Waals surface area (Å²) < 4.78 is 9.74. The van der Waals surface area contributed by atoms with Crippen molar-refractivity contribution < 1.29 is 9.53 Å². The van der Waals surface area contributed by atoms with E-state index in [1.807, 2.05) is 42.7 Å². The number of carbonyl (C=O) groups is 1. The van der Waals surface area contributed by atoms with Crippen LogP contribution in [0.25, 0.3) is 10.2 Å². The van der Waals surface area contributed by atoms with Gasteiger partial charge < -0.3 is 9.30 Å². The monoisotopic (exact) mass is 354 g/mol. The lowest BCUT2D eigenvalue weighted by Crippen LogP contribution is -2.19. The van der Waals surface area contributed by atoms with E-state index in [-0.39, 0.29) is 12.5 Å². The number of ether oxygens (including phenoxy) is 1. The molecule has 0 aliphatic heterocycles. The van der Waals surface area contributed by atoms with Crippen molar-refractivity contribution in [1.82, 2.24) is 14.3 Å². The van der Waals surface area contributed by atoms with Crippen molar-refractivity contribution in [3.8, 4) is 18.1 Å². The highest BCUT2D eigenvalue weighted by atomic mass is 32.1. The van der Waals surface area contributed by atoms with E-state index >= 15 is 0 Å². The molecule has 1 aromatic carbocycles. The van der Waals surface area contributed by atoms with E-state index in [9.17, 15) is 4.79 Å². The van der Waals surface area contributed by atoms with E-state index in [4.69, 9.17) is 11.2 Å². The Bertz CT molecular complexity index is 1050. The highest BCUT2D eigenvalue weighted by Gasteiger charge is 2.10. The maximum absolute atomic E-state index is 12.4. The predicted molar refractivity (Wildman–Crippen MR) is 97.5 cm³/mol. The maximum Gasteiger partial charge on any atom is 0.270 e. The summed E-state index contributed by atoms with van der Waals surface area (Å²) in [5, 5.41) is 4.30. The average Bonchev–Trinajstić information content (AvgIpc) is 3.06. The summed E-state index contributed by atoms with van der Waals surface area (Å²) in [6.07, 6.45) is 5.48. The molecule has 128 valence electrons. The molecular weight excluding hydrogens is 336 g/mol. The van der Waals surface area contributed by atoms with Gasteiger partial charge in [-0.2, -0.15) is 10.1 Å². The second-order valence-corrected chi connectivity index (χ2v) is 6.61. The van der Waals surface area contributed by atoms with Crippen LogP contribution in [-0.2, 0) is 17.9 Å². The highest BCUT2D eigenvalue weighted by Crippen LogP contribution is 2.23. The Kier molecular flexibility index (Phi) is 4.72. The zero-order valence-corrected chi connectivity index (χ0v) is 15.1. The Labute approximate surface area is 149 Å². The molecule has 25 heavy (non-hydrogen) atoms. The number of nitrogens with zero attached hydrogens (tertiary/aromatic N) is 4. The lowest BCUT2D eigenvalue weighted by Gasteiger charge is -2.02. The standard InChI is InChI=1S/C18H18N4O2S/c1-5-8-21-15-7-6-14(24-4)10-16(15)25-18(21)19-17(23)11-22-13(3)9-12(2)20-22/h1,6-7,9-10H,8,11H2,2-4H3. The summed E-state index contributed by atoms with van der Waals surface area (Å²) in [5.41, 5.74) is 2.74. The number of amides is 1. The fourth-order valence-electron chi connectivity index (χ4n) is 2.62. The fraction of sp³-hybridized carbons (Fsp3) is 0.278. The van der Waals surface area contributed by atoms with Crippen LogP contribution in [0.1, 0.15) is 11.4 Å². The van der Waals surface area contributed by atoms with Gasteiger partial charge in [-0.1, -0.05) is 17.3 Å². The van der Waals surface area contributed by atoms with Gasteiger partial charge in [-0.25, -0.2) is 0 Å². The summed E-state index contributed by atoms with van der Waals surface area (Å²) in [6, 6.07) is 7.63. The number of rotatable bonds is 4. The van der Waals surface area contributed by atoms with E-state index in [1.165, 1.54) is 11.3 Å². The van der Waals surface area contributed by atoms with Crippen molar-refractivity contribution in [3.05, 3.63) is 40.5 Å². The minimum absolute atomic E-state index is 0.104. The van der Waals surface area contributed by atoms with Gasteiger partial charge in [0.1, 0.15) is 12.3 Å². The second-order valence-electron chi connectivity index (χ2n) is 5.60. The number of fused-ring (bicyclic) bond motifs is 1. The third-order valence-electron chi connectivity index (χ3n) is 3.75. The van der Waals surface area contributed by atoms with E-state index < -0.39 is 0 Å². The lowest BCUT2D eigenvalue weighted by molar-refractivity contribution is -0.118. The number of aromatic nitrogens is 3. The van der Waals surface area contributed by atoms with Gasteiger partial charge in [0.2, 0.25) is 0 Å². The summed E-state index contributed by atoms with van der Waals surface area (Å²) in [6.45, 7) is 4.26. The first-order valence-electron chi connectivity index (χ1n) is 7.71. The van der Waals surface area contributed by atoms with Crippen molar-refractivity contribution in [2.45, 2.75) is 26.9 Å². The first-order chi connectivity index (χ1) is 12.0. The lowest BCUT2D eigenvalue weighted by atomic mass is 10.3. The Morgan fingerprint density at radius 2 is 2.20 bits per heavy atom. The maximum atomic E-state index is 12.4. The molecule has 0 spiro atoms. The summed E-state index contributed by atoms with van der Waals surface area (Å²) >= 11 is 1.41. The molecule has 0 atom stereocenters. The number of methoxy groups -OCH3 is 1. The Hall–Kier alpha value is -2.85. The van der Waals surface area contributed by atoms with Crippen LogP contribution in [0.5, 0.6) is 5.75 Å². The Balaban J connectivity index is 2.02. The van der Waals surface area contributed by atoms with Gasteiger partial charge in [-0.3, -0.25) is 9.48 Å². The van der Waals surface area contributed by atoms with Crippen LogP contribution in [0.4, 0.5) is 0 Å². The van der Waals surface area contributed by atoms with Crippen LogP contribution >= 0.6 is 11.3 Å². The van der Waals surface area contributed by atoms with Crippen LogP contribution in [0, 0.1) is 26.2 Å². The molecule has 7 heteroatoms. The number of terminal acetylenes is 1. The molecule has 0 fully saturated rings. The topological polar surface area (TPSA) is 61.4 Å². The summed E-state index contributed by atoms with van der Waals surface area (Å²) in [5.74, 6) is 3.10. The molecule has 6 nitrogen and oxygen atoms in total. The van der Waals surface area contributed by atoms with Gasteiger partial charge in [0.25, 0.3) is 5.91 Å². The average molecular weight is 354 g/mol. The molecule has 1 amide bonds. The third-order valence-corrected chi connectivity index (χ3v) is 4.79. The van der Waals surface area contributed by atoms with Crippen molar-refractivity contribution in [2.75, 3.05) is 7.11 Å². The van der Waals surface area contributed by atoms with Crippen LogP contribution in [-0.4, -0.2) is 27.4 Å². The fourth-order valence-corrected chi connectivity index (χ4v) is 3.69. The van der Waals surface area contributed by atoms with Gasteiger partial charge in [-0.05, 0) is 38.1 Å². The molecule has 0 aliphatic carbocycles. The van der Waals surface area contributed by atoms with Crippen molar-refractivity contribution in [2.24, 2.45) is 4.99 Å². The molecule has 0 saturated carbocycles. The first-order valence-corrected chi connectivity index (χ1v) is 8.53. The normalized spacial score (nSPS) is 11.7. The van der Waals surface area contributed by atoms with Crippen LogP contribution in [0.2, 0.25) is 0 Å². The molecule has 0 unspecified atom stereocenters. The first kappa shape index (κ1) is 17.0. The zero-order chi connectivity index (χ0) is 18.0. The predicted octanol–water partition coefficient (Wildman–Crippen LogP) is 2.29. The quantitative estimate of drug-likeness (QED) is 0.676. The van der Waals surface area contributed by atoms with E-state index in [2.05, 4.69) is 16.0 Å². The largest absolute Gasteiger partial charge is 0.497 e. The van der Waals surface area contributed by atoms with Gasteiger partial charge in [0, 0.05) is 5.69 Å². The molecule has 0 bridgehead atoms. The van der Waals surface area contributed by atoms with Gasteiger partial charge >= 0.3 is 0 Å². The minimum Gasteiger partial charge on any atom is -0.497 e. The second kappa shape index (κ2) is 6.95. The molecule has 2 aromatic heterocycles. The van der Waals surface area contributed by atoms with E-state index in [1.54, 1.807) is 11.8 Å². The van der Waals surface area contributed by atoms with E-state index in [0.717, 1.165) is 27.4 Å². The summed E-state index contributed by atoms with van der Waals surface area (Å²) in [4.78, 5) is 17.2. The number of benzene rings is 1. The zero-order valence-electron chi connectivity index (χ0n) is 14.3. The molecule has 2 heterocycles. The Morgan fingerprint density at radius 3 is 2.84 bits per heavy atom. The SMILES string of the molecule is C#CCn1c(=NC(=O)Cn2nc(C)cc2C)sc2cc(OC)ccc21. The molecule has 0 saturated heterocycles. The number of aryl methyl sites for hydroxylation is 2. The molecule has 3 aromatic rings. The van der Waals surface area contributed by atoms with Crippen LogP contribution in [0.3, 0.4) is 0 Å². The van der Waals surface area contributed by atoms with E-state index in [0.29, 0.717) is 11.3 Å². The van der Waals surface area contributed by atoms with Crippen LogP contribution in [0.15, 0.2) is 29.3 Å². The van der Waals surface area contributed by atoms with Crippen molar-refractivity contribution in [3.63, 3.8) is 0 Å². The number of hydrogen-bond acceptors (Lipinski definition) is 4. The number of hydrogen-bond donors (Lipinski definition) is 0. The molecule has 0 N–H and O–H groups in total.